The Balaban J connectivity index is 1.82. The summed E-state index contributed by atoms with van der Waals surface area (Å²) in [5.74, 6) is -0.0614. The number of benzene rings is 1. The summed E-state index contributed by atoms with van der Waals surface area (Å²) in [5.41, 5.74) is 0.940. The third-order valence-electron chi connectivity index (χ3n) is 3.63. The van der Waals surface area contributed by atoms with Crippen LogP contribution in [-0.2, 0) is 25.0 Å². The van der Waals surface area contributed by atoms with Crippen molar-refractivity contribution in [1.29, 1.82) is 0 Å². The van der Waals surface area contributed by atoms with Crippen LogP contribution in [0.4, 0.5) is 0 Å². The van der Waals surface area contributed by atoms with Gasteiger partial charge in [-0.05, 0) is 37.5 Å². The first-order valence-electron chi connectivity index (χ1n) is 6.81. The summed E-state index contributed by atoms with van der Waals surface area (Å²) in [7, 11) is 1.56. The molecular formula is C14H18ClNO4S. The first kappa shape index (κ1) is 16.3. The summed E-state index contributed by atoms with van der Waals surface area (Å²) in [6.07, 6.45) is 1.37. The van der Waals surface area contributed by atoms with Gasteiger partial charge in [0.1, 0.15) is 0 Å². The fourth-order valence-corrected chi connectivity index (χ4v) is 3.13. The molecular weight excluding hydrogens is 314 g/mol. The van der Waals surface area contributed by atoms with Crippen molar-refractivity contribution in [3.63, 3.8) is 0 Å². The lowest BCUT2D eigenvalue weighted by molar-refractivity contribution is -0.126. The van der Waals surface area contributed by atoms with E-state index in [1.54, 1.807) is 12.1 Å². The largest absolute Gasteiger partial charge is 0.378 e. The van der Waals surface area contributed by atoms with E-state index in [2.05, 4.69) is 5.32 Å². The van der Waals surface area contributed by atoms with Crippen LogP contribution in [0.25, 0.3) is 0 Å². The van der Waals surface area contributed by atoms with Crippen LogP contribution >= 0.6 is 10.7 Å². The number of carbonyl (C=O) groups excluding carboxylic acids is 1. The van der Waals surface area contributed by atoms with E-state index in [0.717, 1.165) is 12.0 Å². The van der Waals surface area contributed by atoms with Gasteiger partial charge in [-0.1, -0.05) is 12.1 Å². The van der Waals surface area contributed by atoms with Crippen LogP contribution in [0.2, 0.25) is 0 Å². The molecule has 0 aromatic heterocycles. The van der Waals surface area contributed by atoms with Crippen molar-refractivity contribution < 1.29 is 17.9 Å². The molecule has 2 unspecified atom stereocenters. The quantitative estimate of drug-likeness (QED) is 0.833. The van der Waals surface area contributed by atoms with Crippen molar-refractivity contribution in [1.82, 2.24) is 5.32 Å². The van der Waals surface area contributed by atoms with Crippen LogP contribution in [0.3, 0.4) is 0 Å². The highest BCUT2D eigenvalue weighted by atomic mass is 35.7. The number of ether oxygens (including phenoxy) is 1. The van der Waals surface area contributed by atoms with Gasteiger partial charge in [0, 0.05) is 23.8 Å². The van der Waals surface area contributed by atoms with Crippen LogP contribution in [0, 0.1) is 5.92 Å². The summed E-state index contributed by atoms with van der Waals surface area (Å²) in [4.78, 5) is 12.0. The molecule has 2 atom stereocenters. The second-order valence-corrected chi connectivity index (χ2v) is 7.66. The van der Waals surface area contributed by atoms with Gasteiger partial charge >= 0.3 is 0 Å². The SMILES string of the molecule is CC1OCCC1C(=O)NCCc1ccc(S(=O)(=O)Cl)cc1. The molecule has 2 rings (SSSR count). The molecule has 7 heteroatoms. The Labute approximate surface area is 129 Å². The lowest BCUT2D eigenvalue weighted by Gasteiger charge is -2.14. The highest BCUT2D eigenvalue weighted by molar-refractivity contribution is 8.13. The zero-order valence-electron chi connectivity index (χ0n) is 11.7. The summed E-state index contributed by atoms with van der Waals surface area (Å²) >= 11 is 0. The van der Waals surface area contributed by atoms with Gasteiger partial charge in [0.25, 0.3) is 9.05 Å². The lowest BCUT2D eigenvalue weighted by Crippen LogP contribution is -2.35. The third-order valence-corrected chi connectivity index (χ3v) is 5.00. The Morgan fingerprint density at radius 2 is 2.05 bits per heavy atom. The molecule has 1 aliphatic rings. The second kappa shape index (κ2) is 6.77. The lowest BCUT2D eigenvalue weighted by atomic mass is 10.0. The molecule has 1 saturated heterocycles. The number of hydrogen-bond donors (Lipinski definition) is 1. The van der Waals surface area contributed by atoms with Gasteiger partial charge in [-0.3, -0.25) is 4.79 Å². The van der Waals surface area contributed by atoms with E-state index in [1.807, 2.05) is 6.92 Å². The summed E-state index contributed by atoms with van der Waals surface area (Å²) in [6, 6.07) is 6.32. The highest BCUT2D eigenvalue weighted by Crippen LogP contribution is 2.20. The van der Waals surface area contributed by atoms with E-state index in [1.165, 1.54) is 12.1 Å². The maximum Gasteiger partial charge on any atom is 0.261 e. The van der Waals surface area contributed by atoms with Crippen LogP contribution < -0.4 is 5.32 Å². The Hall–Kier alpha value is -1.11. The van der Waals surface area contributed by atoms with Gasteiger partial charge in [-0.25, -0.2) is 8.42 Å². The fourth-order valence-electron chi connectivity index (χ4n) is 2.36. The Morgan fingerprint density at radius 3 is 2.57 bits per heavy atom. The summed E-state index contributed by atoms with van der Waals surface area (Å²) in [6.45, 7) is 3.05. The summed E-state index contributed by atoms with van der Waals surface area (Å²) in [5, 5.41) is 2.89. The smallest absolute Gasteiger partial charge is 0.261 e. The van der Waals surface area contributed by atoms with Gasteiger partial charge in [0.15, 0.2) is 0 Å². The Bertz CT molecular complexity index is 600. The molecule has 1 amide bonds. The zero-order valence-corrected chi connectivity index (χ0v) is 13.3. The minimum Gasteiger partial charge on any atom is -0.378 e. The minimum absolute atomic E-state index is 0.0138. The molecule has 1 aromatic carbocycles. The molecule has 0 aliphatic carbocycles. The normalized spacial score (nSPS) is 22.2. The first-order chi connectivity index (χ1) is 9.88. The van der Waals surface area contributed by atoms with Gasteiger partial charge in [-0.15, -0.1) is 0 Å². The van der Waals surface area contributed by atoms with Crippen LogP contribution in [0.5, 0.6) is 0 Å². The molecule has 1 fully saturated rings. The van der Waals surface area contributed by atoms with Crippen molar-refractivity contribution in [3.8, 4) is 0 Å². The molecule has 1 heterocycles. The molecule has 116 valence electrons. The molecule has 1 aliphatic heterocycles. The van der Waals surface area contributed by atoms with Crippen molar-refractivity contribution in [3.05, 3.63) is 29.8 Å². The third kappa shape index (κ3) is 4.43. The van der Waals surface area contributed by atoms with Gasteiger partial charge in [0.05, 0.1) is 16.9 Å². The fraction of sp³-hybridized carbons (Fsp3) is 0.500. The van der Waals surface area contributed by atoms with E-state index in [0.29, 0.717) is 19.6 Å². The van der Waals surface area contributed by atoms with E-state index in [-0.39, 0.29) is 22.8 Å². The number of carbonyl (C=O) groups is 1. The standard InChI is InChI=1S/C14H18ClNO4S/c1-10-13(7-9-20-10)14(17)16-8-6-11-2-4-12(5-3-11)21(15,18)19/h2-5,10,13H,6-9H2,1H3,(H,16,17). The highest BCUT2D eigenvalue weighted by Gasteiger charge is 2.30. The zero-order chi connectivity index (χ0) is 15.5. The number of rotatable bonds is 5. The number of nitrogens with one attached hydrogen (secondary N) is 1. The van der Waals surface area contributed by atoms with Crippen molar-refractivity contribution in [2.24, 2.45) is 5.92 Å². The molecule has 0 bridgehead atoms. The van der Waals surface area contributed by atoms with Gasteiger partial charge in [0.2, 0.25) is 5.91 Å². The van der Waals surface area contributed by atoms with E-state index in [4.69, 9.17) is 15.4 Å². The maximum absolute atomic E-state index is 11.9. The Morgan fingerprint density at radius 1 is 1.38 bits per heavy atom. The van der Waals surface area contributed by atoms with Crippen molar-refractivity contribution in [2.75, 3.05) is 13.2 Å². The average molecular weight is 332 g/mol. The predicted octanol–water partition coefficient (Wildman–Crippen LogP) is 1.70. The summed E-state index contributed by atoms with van der Waals surface area (Å²) < 4.78 is 27.6. The average Bonchev–Trinajstić information content (AvgIpc) is 2.84. The van der Waals surface area contributed by atoms with Crippen LogP contribution in [0.15, 0.2) is 29.2 Å². The van der Waals surface area contributed by atoms with Gasteiger partial charge < -0.3 is 10.1 Å². The second-order valence-electron chi connectivity index (χ2n) is 5.09. The maximum atomic E-state index is 11.9. The van der Waals surface area contributed by atoms with E-state index >= 15 is 0 Å². The number of hydrogen-bond acceptors (Lipinski definition) is 4. The molecule has 0 spiro atoms. The van der Waals surface area contributed by atoms with Crippen molar-refractivity contribution >= 4 is 25.6 Å². The topological polar surface area (TPSA) is 72.5 Å². The van der Waals surface area contributed by atoms with Crippen molar-refractivity contribution in [2.45, 2.75) is 30.8 Å². The molecule has 21 heavy (non-hydrogen) atoms. The van der Waals surface area contributed by atoms with Gasteiger partial charge in [-0.2, -0.15) is 0 Å². The monoisotopic (exact) mass is 331 g/mol. The van der Waals surface area contributed by atoms with E-state index in [9.17, 15) is 13.2 Å². The Kier molecular flexibility index (Phi) is 5.24. The molecule has 1 aromatic rings. The molecule has 1 N–H and O–H groups in total. The minimum atomic E-state index is -3.68. The predicted molar refractivity (Wildman–Crippen MR) is 79.7 cm³/mol. The molecule has 5 nitrogen and oxygen atoms in total. The number of halogens is 1. The molecule has 0 radical (unpaired) electrons. The first-order valence-corrected chi connectivity index (χ1v) is 9.12. The molecule has 0 saturated carbocycles. The van der Waals surface area contributed by atoms with E-state index < -0.39 is 9.05 Å². The number of amides is 1. The van der Waals surface area contributed by atoms with Crippen LogP contribution in [-0.4, -0.2) is 33.6 Å². The van der Waals surface area contributed by atoms with Crippen LogP contribution in [0.1, 0.15) is 18.9 Å².